The summed E-state index contributed by atoms with van der Waals surface area (Å²) in [5, 5.41) is 0. The van der Waals surface area contributed by atoms with Crippen LogP contribution in [-0.2, 0) is 6.42 Å². The molecule has 0 saturated heterocycles. The standard InChI is InChI=1S/C11H9/c1-2-9-5-3-6-10-7-4-8-11(9)10/h2-5,7H,1,8H2. The van der Waals surface area contributed by atoms with Gasteiger partial charge in [0, 0.05) is 0 Å². The van der Waals surface area contributed by atoms with Crippen LogP contribution >= 0.6 is 0 Å². The summed E-state index contributed by atoms with van der Waals surface area (Å²) in [7, 11) is 0. The molecular formula is C11H9. The Bertz CT molecular complexity index is 319. The summed E-state index contributed by atoms with van der Waals surface area (Å²) >= 11 is 0. The average Bonchev–Trinajstić information content (AvgIpc) is 2.50. The molecule has 53 valence electrons. The smallest absolute Gasteiger partial charge is 0.00820 e. The monoisotopic (exact) mass is 141 g/mol. The van der Waals surface area contributed by atoms with Gasteiger partial charge >= 0.3 is 0 Å². The van der Waals surface area contributed by atoms with Gasteiger partial charge in [0.05, 0.1) is 0 Å². The topological polar surface area (TPSA) is 0 Å². The molecule has 0 bridgehead atoms. The summed E-state index contributed by atoms with van der Waals surface area (Å²) in [5.41, 5.74) is 3.83. The van der Waals surface area contributed by atoms with Crippen LogP contribution in [0.5, 0.6) is 0 Å². The fourth-order valence-electron chi connectivity index (χ4n) is 1.43. The Hall–Kier alpha value is -1.30. The number of benzene rings is 1. The molecule has 0 atom stereocenters. The molecule has 1 aliphatic carbocycles. The lowest BCUT2D eigenvalue weighted by Gasteiger charge is -2.01. The molecule has 0 amide bonds. The van der Waals surface area contributed by atoms with Crippen molar-refractivity contribution in [2.75, 3.05) is 0 Å². The Morgan fingerprint density at radius 2 is 2.45 bits per heavy atom. The van der Waals surface area contributed by atoms with E-state index in [1.165, 1.54) is 16.7 Å². The molecule has 0 heterocycles. The minimum atomic E-state index is 1.04. The number of hydrogen-bond acceptors (Lipinski definition) is 0. The summed E-state index contributed by atoms with van der Waals surface area (Å²) in [6.45, 7) is 3.77. The molecule has 0 heteroatoms. The lowest BCUT2D eigenvalue weighted by atomic mass is 10.0. The van der Waals surface area contributed by atoms with Gasteiger partial charge in [0.1, 0.15) is 0 Å². The van der Waals surface area contributed by atoms with Gasteiger partial charge in [0.2, 0.25) is 0 Å². The van der Waals surface area contributed by atoms with Crippen molar-refractivity contribution in [1.82, 2.24) is 0 Å². The van der Waals surface area contributed by atoms with Gasteiger partial charge in [-0.05, 0) is 29.2 Å². The van der Waals surface area contributed by atoms with E-state index >= 15 is 0 Å². The first kappa shape index (κ1) is 6.41. The quantitative estimate of drug-likeness (QED) is 0.564. The van der Waals surface area contributed by atoms with Crippen LogP contribution in [0.1, 0.15) is 16.7 Å². The van der Waals surface area contributed by atoms with Crippen molar-refractivity contribution in [3.63, 3.8) is 0 Å². The molecule has 1 aromatic carbocycles. The second-order valence-electron chi connectivity index (χ2n) is 2.64. The van der Waals surface area contributed by atoms with E-state index < -0.39 is 0 Å². The Balaban J connectivity index is 2.63. The van der Waals surface area contributed by atoms with Crippen LogP contribution in [0.3, 0.4) is 0 Å². The SMILES string of the molecule is C=Cc1cc[c]c2c1CC=C2. The van der Waals surface area contributed by atoms with Crippen LogP contribution in [0.15, 0.2) is 24.8 Å². The van der Waals surface area contributed by atoms with Crippen LogP contribution in [0.2, 0.25) is 0 Å². The minimum absolute atomic E-state index is 1.04. The predicted molar refractivity (Wildman–Crippen MR) is 48.1 cm³/mol. The van der Waals surface area contributed by atoms with Crippen molar-refractivity contribution in [3.8, 4) is 0 Å². The fraction of sp³-hybridized carbons (Fsp3) is 0.0909. The van der Waals surface area contributed by atoms with E-state index in [0.717, 1.165) is 6.42 Å². The van der Waals surface area contributed by atoms with Gasteiger partial charge in [-0.1, -0.05) is 36.9 Å². The van der Waals surface area contributed by atoms with Gasteiger partial charge in [0.25, 0.3) is 0 Å². The molecule has 0 unspecified atom stereocenters. The molecule has 1 radical (unpaired) electrons. The maximum Gasteiger partial charge on any atom is -0.00820 e. The average molecular weight is 141 g/mol. The summed E-state index contributed by atoms with van der Waals surface area (Å²) in [6, 6.07) is 7.19. The number of fused-ring (bicyclic) bond motifs is 1. The van der Waals surface area contributed by atoms with Gasteiger partial charge in [-0.2, -0.15) is 0 Å². The highest BCUT2D eigenvalue weighted by atomic mass is 14.1. The predicted octanol–water partition coefficient (Wildman–Crippen LogP) is 2.70. The number of hydrogen-bond donors (Lipinski definition) is 0. The molecule has 0 spiro atoms. The highest BCUT2D eigenvalue weighted by molar-refractivity contribution is 5.66. The zero-order valence-electron chi connectivity index (χ0n) is 6.30. The van der Waals surface area contributed by atoms with Crippen molar-refractivity contribution >= 4 is 12.2 Å². The normalized spacial score (nSPS) is 13.1. The zero-order valence-corrected chi connectivity index (χ0v) is 6.30. The Morgan fingerprint density at radius 1 is 1.55 bits per heavy atom. The van der Waals surface area contributed by atoms with E-state index in [1.807, 2.05) is 12.1 Å². The van der Waals surface area contributed by atoms with Gasteiger partial charge in [-0.15, -0.1) is 0 Å². The molecule has 0 N–H and O–H groups in total. The maximum atomic E-state index is 3.77. The molecule has 11 heavy (non-hydrogen) atoms. The fourth-order valence-corrected chi connectivity index (χ4v) is 1.43. The van der Waals surface area contributed by atoms with Crippen molar-refractivity contribution in [2.24, 2.45) is 0 Å². The summed E-state index contributed by atoms with van der Waals surface area (Å²) in [5.74, 6) is 0. The summed E-state index contributed by atoms with van der Waals surface area (Å²) in [6.07, 6.45) is 7.21. The minimum Gasteiger partial charge on any atom is -0.0985 e. The van der Waals surface area contributed by atoms with Crippen LogP contribution in [-0.4, -0.2) is 0 Å². The van der Waals surface area contributed by atoms with E-state index in [2.05, 4.69) is 30.9 Å². The van der Waals surface area contributed by atoms with Gasteiger partial charge in [-0.3, -0.25) is 0 Å². The molecule has 0 aromatic heterocycles. The lowest BCUT2D eigenvalue weighted by Crippen LogP contribution is -1.85. The number of rotatable bonds is 1. The second kappa shape index (κ2) is 2.39. The van der Waals surface area contributed by atoms with Crippen molar-refractivity contribution in [3.05, 3.63) is 47.5 Å². The third-order valence-electron chi connectivity index (χ3n) is 2.00. The molecule has 1 aliphatic rings. The van der Waals surface area contributed by atoms with E-state index in [0.29, 0.717) is 0 Å². The van der Waals surface area contributed by atoms with Crippen molar-refractivity contribution in [2.45, 2.75) is 6.42 Å². The van der Waals surface area contributed by atoms with E-state index in [9.17, 15) is 0 Å². The highest BCUT2D eigenvalue weighted by Crippen LogP contribution is 2.22. The molecule has 0 saturated carbocycles. The largest absolute Gasteiger partial charge is 0.0985 e. The third kappa shape index (κ3) is 0.911. The van der Waals surface area contributed by atoms with Gasteiger partial charge in [0.15, 0.2) is 0 Å². The van der Waals surface area contributed by atoms with E-state index in [4.69, 9.17) is 0 Å². The molecule has 0 fully saturated rings. The van der Waals surface area contributed by atoms with Gasteiger partial charge in [-0.25, -0.2) is 0 Å². The summed E-state index contributed by atoms with van der Waals surface area (Å²) in [4.78, 5) is 0. The molecular weight excluding hydrogens is 132 g/mol. The Kier molecular flexibility index (Phi) is 1.39. The van der Waals surface area contributed by atoms with E-state index in [1.54, 1.807) is 0 Å². The van der Waals surface area contributed by atoms with E-state index in [-0.39, 0.29) is 0 Å². The molecule has 2 rings (SSSR count). The Labute approximate surface area is 66.9 Å². The molecule has 0 aliphatic heterocycles. The van der Waals surface area contributed by atoms with Crippen LogP contribution in [0.4, 0.5) is 0 Å². The van der Waals surface area contributed by atoms with Crippen LogP contribution in [0, 0.1) is 6.07 Å². The van der Waals surface area contributed by atoms with Crippen LogP contribution < -0.4 is 0 Å². The zero-order chi connectivity index (χ0) is 7.68. The Morgan fingerprint density at radius 3 is 3.27 bits per heavy atom. The maximum absolute atomic E-state index is 3.77. The first-order valence-electron chi connectivity index (χ1n) is 3.74. The second-order valence-corrected chi connectivity index (χ2v) is 2.64. The number of allylic oxidation sites excluding steroid dienone is 1. The first-order chi connectivity index (χ1) is 5.42. The highest BCUT2D eigenvalue weighted by Gasteiger charge is 2.06. The lowest BCUT2D eigenvalue weighted by molar-refractivity contribution is 1.29. The van der Waals surface area contributed by atoms with Crippen molar-refractivity contribution in [1.29, 1.82) is 0 Å². The molecule has 1 aromatic rings. The first-order valence-corrected chi connectivity index (χ1v) is 3.74. The summed E-state index contributed by atoms with van der Waals surface area (Å²) < 4.78 is 0. The van der Waals surface area contributed by atoms with Crippen molar-refractivity contribution < 1.29 is 0 Å². The van der Waals surface area contributed by atoms with Gasteiger partial charge < -0.3 is 0 Å². The third-order valence-corrected chi connectivity index (χ3v) is 2.00. The van der Waals surface area contributed by atoms with Crippen LogP contribution in [0.25, 0.3) is 12.2 Å². The molecule has 0 nitrogen and oxygen atoms in total.